The zero-order valence-corrected chi connectivity index (χ0v) is 18.4. The number of hydrogen-bond acceptors (Lipinski definition) is 7. The number of halogens is 1. The Bertz CT molecular complexity index is 1040. The summed E-state index contributed by atoms with van der Waals surface area (Å²) in [6, 6.07) is 3.64. The van der Waals surface area contributed by atoms with Crippen molar-refractivity contribution in [3.05, 3.63) is 41.1 Å². The summed E-state index contributed by atoms with van der Waals surface area (Å²) in [5.41, 5.74) is 2.62. The van der Waals surface area contributed by atoms with Crippen LogP contribution in [0, 0.1) is 12.7 Å². The van der Waals surface area contributed by atoms with Gasteiger partial charge in [-0.1, -0.05) is 6.92 Å². The second kappa shape index (κ2) is 9.07. The Kier molecular flexibility index (Phi) is 6.22. The molecule has 0 saturated carbocycles. The van der Waals surface area contributed by atoms with E-state index in [1.807, 2.05) is 19.9 Å². The molecule has 32 heavy (non-hydrogen) atoms. The lowest BCUT2D eigenvalue weighted by Gasteiger charge is -2.36. The van der Waals surface area contributed by atoms with Crippen LogP contribution < -0.4 is 20.3 Å². The molecular weight excluding hydrogens is 415 g/mol. The van der Waals surface area contributed by atoms with E-state index < -0.39 is 11.9 Å². The van der Waals surface area contributed by atoms with Crippen LogP contribution in [0.4, 0.5) is 15.8 Å². The maximum absolute atomic E-state index is 15.0. The summed E-state index contributed by atoms with van der Waals surface area (Å²) in [5, 5.41) is 5.17. The largest absolute Gasteiger partial charge is 0.463 e. The normalized spacial score (nSPS) is 18.6. The number of carbonyl (C=O) groups is 2. The van der Waals surface area contributed by atoms with E-state index in [2.05, 4.69) is 30.4 Å². The van der Waals surface area contributed by atoms with E-state index in [1.54, 1.807) is 13.1 Å². The Morgan fingerprint density at radius 1 is 1.31 bits per heavy atom. The van der Waals surface area contributed by atoms with Crippen molar-refractivity contribution in [2.45, 2.75) is 32.9 Å². The van der Waals surface area contributed by atoms with Gasteiger partial charge in [0.1, 0.15) is 11.4 Å². The lowest BCUT2D eigenvalue weighted by molar-refractivity contribution is -0.123. The Balaban J connectivity index is 1.40. The monoisotopic (exact) mass is 442 g/mol. The number of hydrogen-bond donors (Lipinski definition) is 2. The molecule has 0 bridgehead atoms. The number of pyridine rings is 2. The number of aromatic nitrogens is 2. The topological polar surface area (TPSA) is 99.7 Å². The highest BCUT2D eigenvalue weighted by Crippen LogP contribution is 2.33. The van der Waals surface area contributed by atoms with Crippen LogP contribution in [0.25, 0.3) is 0 Å². The summed E-state index contributed by atoms with van der Waals surface area (Å²) >= 11 is 0. The first kappa shape index (κ1) is 21.9. The molecule has 10 heteroatoms. The van der Waals surface area contributed by atoms with Gasteiger partial charge in [0, 0.05) is 51.5 Å². The zero-order valence-electron chi connectivity index (χ0n) is 18.4. The van der Waals surface area contributed by atoms with E-state index in [4.69, 9.17) is 4.74 Å². The van der Waals surface area contributed by atoms with Crippen molar-refractivity contribution < 1.29 is 18.7 Å². The molecule has 2 aromatic rings. The molecule has 2 N–H and O–H groups in total. The van der Waals surface area contributed by atoms with Gasteiger partial charge in [-0.3, -0.25) is 14.5 Å². The number of amides is 2. The number of anilines is 2. The van der Waals surface area contributed by atoms with Crippen LogP contribution in [-0.2, 0) is 11.3 Å². The first-order valence-electron chi connectivity index (χ1n) is 10.7. The molecule has 2 aromatic heterocycles. The van der Waals surface area contributed by atoms with E-state index in [0.717, 1.165) is 37.6 Å². The molecular formula is C22H27FN6O3. The highest BCUT2D eigenvalue weighted by atomic mass is 19.1. The number of ether oxygens (including phenoxy) is 1. The molecule has 0 unspecified atom stereocenters. The minimum Gasteiger partial charge on any atom is -0.463 e. The lowest BCUT2D eigenvalue weighted by Crippen LogP contribution is -2.46. The number of carbonyl (C=O) groups excluding carboxylic acids is 2. The highest BCUT2D eigenvalue weighted by Gasteiger charge is 2.31. The number of nitrogens with one attached hydrogen (secondary N) is 2. The molecule has 4 heterocycles. The third kappa shape index (κ3) is 4.22. The molecule has 2 amide bonds. The molecule has 1 atom stereocenters. The molecule has 1 fully saturated rings. The highest BCUT2D eigenvalue weighted by molar-refractivity contribution is 5.97. The van der Waals surface area contributed by atoms with E-state index >= 15 is 4.39 Å². The molecule has 1 saturated heterocycles. The summed E-state index contributed by atoms with van der Waals surface area (Å²) in [5.74, 6) is -0.925. The Morgan fingerprint density at radius 2 is 2.06 bits per heavy atom. The van der Waals surface area contributed by atoms with Crippen LogP contribution in [0.1, 0.15) is 35.1 Å². The maximum atomic E-state index is 15.0. The minimum absolute atomic E-state index is 0.0220. The third-order valence-corrected chi connectivity index (χ3v) is 5.84. The summed E-state index contributed by atoms with van der Waals surface area (Å²) < 4.78 is 20.5. The summed E-state index contributed by atoms with van der Waals surface area (Å²) in [7, 11) is 1.58. The number of rotatable bonds is 5. The number of aryl methyl sites for hydroxylation is 1. The van der Waals surface area contributed by atoms with Crippen LogP contribution in [0.3, 0.4) is 0 Å². The molecule has 0 aliphatic carbocycles. The second-order valence-electron chi connectivity index (χ2n) is 7.92. The van der Waals surface area contributed by atoms with Gasteiger partial charge in [0.15, 0.2) is 11.9 Å². The Hall–Kier alpha value is -3.27. The molecule has 0 radical (unpaired) electrons. The molecule has 9 nitrogen and oxygen atoms in total. The van der Waals surface area contributed by atoms with Gasteiger partial charge in [0.2, 0.25) is 5.88 Å². The molecule has 0 aromatic carbocycles. The molecule has 2 aliphatic rings. The predicted molar refractivity (Wildman–Crippen MR) is 117 cm³/mol. The van der Waals surface area contributed by atoms with Gasteiger partial charge in [0.05, 0.1) is 11.4 Å². The molecule has 4 rings (SSSR count). The van der Waals surface area contributed by atoms with Crippen molar-refractivity contribution in [2.75, 3.05) is 43.4 Å². The Morgan fingerprint density at radius 3 is 2.72 bits per heavy atom. The fourth-order valence-electron chi connectivity index (χ4n) is 4.01. The van der Waals surface area contributed by atoms with Crippen molar-refractivity contribution in [3.8, 4) is 5.88 Å². The molecule has 2 aliphatic heterocycles. The number of fused-ring (bicyclic) bond motifs is 1. The van der Waals surface area contributed by atoms with Gasteiger partial charge in [-0.2, -0.15) is 0 Å². The number of piperazine rings is 1. The summed E-state index contributed by atoms with van der Waals surface area (Å²) in [6.45, 7) is 7.07. The van der Waals surface area contributed by atoms with Gasteiger partial charge >= 0.3 is 0 Å². The summed E-state index contributed by atoms with van der Waals surface area (Å²) in [4.78, 5) is 36.8. The van der Waals surface area contributed by atoms with E-state index in [9.17, 15) is 9.59 Å². The van der Waals surface area contributed by atoms with Crippen LogP contribution in [0.5, 0.6) is 5.88 Å². The minimum atomic E-state index is -0.642. The molecule has 170 valence electrons. The summed E-state index contributed by atoms with van der Waals surface area (Å²) in [6.07, 6.45) is 1.33. The maximum Gasteiger partial charge on any atom is 0.269 e. The van der Waals surface area contributed by atoms with Crippen LogP contribution >= 0.6 is 0 Å². The van der Waals surface area contributed by atoms with Gasteiger partial charge < -0.3 is 20.3 Å². The average Bonchev–Trinajstić information content (AvgIpc) is 2.81. The van der Waals surface area contributed by atoms with E-state index in [-0.39, 0.29) is 23.4 Å². The van der Waals surface area contributed by atoms with Gasteiger partial charge in [-0.05, 0) is 25.5 Å². The fourth-order valence-corrected chi connectivity index (χ4v) is 4.01. The fraction of sp³-hybridized carbons (Fsp3) is 0.455. The van der Waals surface area contributed by atoms with Crippen LogP contribution in [0.15, 0.2) is 18.3 Å². The van der Waals surface area contributed by atoms with Crippen molar-refractivity contribution in [2.24, 2.45) is 0 Å². The zero-order chi connectivity index (χ0) is 22.8. The second-order valence-corrected chi connectivity index (χ2v) is 7.92. The predicted octanol–water partition coefficient (Wildman–Crippen LogP) is 1.72. The quantitative estimate of drug-likeness (QED) is 0.727. The van der Waals surface area contributed by atoms with Crippen LogP contribution in [0.2, 0.25) is 0 Å². The number of nitrogens with zero attached hydrogens (tertiary/aromatic N) is 4. The first-order valence-corrected chi connectivity index (χ1v) is 10.7. The lowest BCUT2D eigenvalue weighted by atomic mass is 10.1. The SMILES string of the molecule is CC[C@H]1Oc2ncc(CN3CCN(c4ccc(C(=O)NC)nc4C)CC3)c(F)c2NC1=O. The molecule has 0 spiro atoms. The van der Waals surface area contributed by atoms with Crippen molar-refractivity contribution >= 4 is 23.2 Å². The first-order chi connectivity index (χ1) is 15.4. The van der Waals surface area contributed by atoms with E-state index in [0.29, 0.717) is 24.2 Å². The Labute approximate surface area is 186 Å². The van der Waals surface area contributed by atoms with Gasteiger partial charge in [-0.25, -0.2) is 14.4 Å². The van der Waals surface area contributed by atoms with E-state index in [1.165, 1.54) is 6.20 Å². The van der Waals surface area contributed by atoms with Crippen molar-refractivity contribution in [3.63, 3.8) is 0 Å². The standard InChI is InChI=1S/C22H27FN6O3/c1-4-17-21(31)27-19-18(23)14(11-25-22(19)32-17)12-28-7-9-29(10-8-28)16-6-5-15(20(30)24-3)26-13(16)2/h5-6,11,17H,4,7-10,12H2,1-3H3,(H,24,30)(H,27,31)/t17-/m1/s1. The van der Waals surface area contributed by atoms with Gasteiger partial charge in [-0.15, -0.1) is 0 Å². The van der Waals surface area contributed by atoms with Crippen molar-refractivity contribution in [1.82, 2.24) is 20.2 Å². The van der Waals surface area contributed by atoms with Gasteiger partial charge in [0.25, 0.3) is 11.8 Å². The van der Waals surface area contributed by atoms with Crippen molar-refractivity contribution in [1.29, 1.82) is 0 Å². The third-order valence-electron chi connectivity index (χ3n) is 5.84. The average molecular weight is 442 g/mol. The smallest absolute Gasteiger partial charge is 0.269 e. The van der Waals surface area contributed by atoms with Crippen LogP contribution in [-0.4, -0.2) is 66.0 Å².